The number of benzene rings is 1. The van der Waals surface area contributed by atoms with Crippen LogP contribution in [0.4, 0.5) is 27.6 Å². The minimum absolute atomic E-state index is 0.200. The first-order chi connectivity index (χ1) is 8.99. The van der Waals surface area contributed by atoms with Crippen molar-refractivity contribution in [2.45, 2.75) is 6.54 Å². The van der Waals surface area contributed by atoms with Crippen LogP contribution in [0, 0.1) is 29.3 Å². The molecule has 1 heterocycles. The molecule has 0 fully saturated rings. The number of hydrogen-bond acceptors (Lipinski definition) is 2. The molecule has 0 aliphatic heterocycles. The first-order valence-electron chi connectivity index (χ1n) is 5.17. The van der Waals surface area contributed by atoms with E-state index in [0.717, 1.165) is 6.07 Å². The van der Waals surface area contributed by atoms with Gasteiger partial charge in [-0.15, -0.1) is 0 Å². The summed E-state index contributed by atoms with van der Waals surface area (Å²) in [6, 6.07) is 5.19. The van der Waals surface area contributed by atoms with Crippen LogP contribution in [0.5, 0.6) is 0 Å². The predicted molar refractivity (Wildman–Crippen MR) is 57.8 cm³/mol. The Balaban J connectivity index is 2.25. The number of halogens is 5. The summed E-state index contributed by atoms with van der Waals surface area (Å²) < 4.78 is 65.0. The summed E-state index contributed by atoms with van der Waals surface area (Å²) in [5.74, 6) is -7.29. The van der Waals surface area contributed by atoms with E-state index in [1.807, 2.05) is 0 Å². The molecule has 1 N–H and O–H groups in total. The Kier molecular flexibility index (Phi) is 3.64. The van der Waals surface area contributed by atoms with Crippen molar-refractivity contribution in [2.75, 3.05) is 5.32 Å². The van der Waals surface area contributed by atoms with Crippen LogP contribution in [0.1, 0.15) is 5.56 Å². The molecular weight excluding hydrogens is 267 g/mol. The van der Waals surface area contributed by atoms with Crippen molar-refractivity contribution in [1.82, 2.24) is 4.98 Å². The fourth-order valence-corrected chi connectivity index (χ4v) is 1.48. The van der Waals surface area contributed by atoms with E-state index in [9.17, 15) is 22.0 Å². The molecule has 0 radical (unpaired) electrons. The Morgan fingerprint density at radius 2 is 1.58 bits per heavy atom. The zero-order chi connectivity index (χ0) is 14.0. The molecule has 19 heavy (non-hydrogen) atoms. The smallest absolute Gasteiger partial charge is 0.253 e. The number of hydrogen-bond donors (Lipinski definition) is 1. The first kappa shape index (κ1) is 13.3. The van der Waals surface area contributed by atoms with Crippen LogP contribution in [0.15, 0.2) is 24.3 Å². The number of aromatic nitrogens is 1. The molecule has 1 aromatic carbocycles. The molecule has 1 aromatic heterocycles. The van der Waals surface area contributed by atoms with Crippen LogP contribution in [0.3, 0.4) is 0 Å². The lowest BCUT2D eigenvalue weighted by Gasteiger charge is -2.09. The third-order valence-corrected chi connectivity index (χ3v) is 2.36. The second kappa shape index (κ2) is 5.21. The van der Waals surface area contributed by atoms with Crippen LogP contribution in [-0.4, -0.2) is 4.98 Å². The van der Waals surface area contributed by atoms with Crippen molar-refractivity contribution in [1.29, 1.82) is 0 Å². The minimum atomic E-state index is -1.75. The molecular formula is C12H7F5N2. The Hall–Kier alpha value is -2.18. The second-order valence-electron chi connectivity index (χ2n) is 3.68. The fourth-order valence-electron chi connectivity index (χ4n) is 1.48. The van der Waals surface area contributed by atoms with E-state index in [0.29, 0.717) is 5.56 Å². The highest BCUT2D eigenvalue weighted by Crippen LogP contribution is 2.22. The number of nitrogens with one attached hydrogen (secondary N) is 1. The van der Waals surface area contributed by atoms with Gasteiger partial charge in [-0.25, -0.2) is 4.39 Å². The third kappa shape index (κ3) is 2.81. The van der Waals surface area contributed by atoms with Gasteiger partial charge in [0.1, 0.15) is 11.5 Å². The van der Waals surface area contributed by atoms with E-state index in [2.05, 4.69) is 10.3 Å². The standard InChI is InChI=1S/C12H7F5N2/c13-7-3-1-2-6(4-7)5-18-10-8(14)11(16)19-12(17)9(10)15/h1-4H,5H2,(H,18,19). The maximum atomic E-state index is 13.2. The van der Waals surface area contributed by atoms with Crippen molar-refractivity contribution >= 4 is 5.69 Å². The molecule has 100 valence electrons. The van der Waals surface area contributed by atoms with E-state index in [1.54, 1.807) is 0 Å². The Bertz CT molecular complexity index is 589. The van der Waals surface area contributed by atoms with Crippen molar-refractivity contribution in [2.24, 2.45) is 0 Å². The minimum Gasteiger partial charge on any atom is -0.376 e. The zero-order valence-electron chi connectivity index (χ0n) is 9.35. The number of rotatable bonds is 3. The van der Waals surface area contributed by atoms with Gasteiger partial charge in [0.05, 0.1) is 0 Å². The fraction of sp³-hybridized carbons (Fsp3) is 0.0833. The SMILES string of the molecule is Fc1cccc(CNc2c(F)c(F)nc(F)c2F)c1. The lowest BCUT2D eigenvalue weighted by molar-refractivity contribution is 0.410. The molecule has 2 nitrogen and oxygen atoms in total. The Labute approximate surface area is 104 Å². The van der Waals surface area contributed by atoms with Gasteiger partial charge in [-0.1, -0.05) is 12.1 Å². The summed E-state index contributed by atoms with van der Waals surface area (Å²) in [5.41, 5.74) is -0.620. The predicted octanol–water partition coefficient (Wildman–Crippen LogP) is 3.39. The molecule has 7 heteroatoms. The maximum Gasteiger partial charge on any atom is 0.253 e. The summed E-state index contributed by atoms with van der Waals surface area (Å²) >= 11 is 0. The van der Waals surface area contributed by atoms with Gasteiger partial charge >= 0.3 is 0 Å². The maximum absolute atomic E-state index is 13.2. The zero-order valence-corrected chi connectivity index (χ0v) is 9.35. The molecule has 0 amide bonds. The normalized spacial score (nSPS) is 10.6. The van der Waals surface area contributed by atoms with Gasteiger partial charge in [-0.05, 0) is 17.7 Å². The van der Waals surface area contributed by atoms with E-state index >= 15 is 0 Å². The highest BCUT2D eigenvalue weighted by atomic mass is 19.2. The highest BCUT2D eigenvalue weighted by Gasteiger charge is 2.20. The molecule has 0 spiro atoms. The monoisotopic (exact) mass is 274 g/mol. The van der Waals surface area contributed by atoms with Crippen LogP contribution in [-0.2, 0) is 6.54 Å². The summed E-state index contributed by atoms with van der Waals surface area (Å²) in [6.45, 7) is -0.200. The van der Waals surface area contributed by atoms with Crippen LogP contribution < -0.4 is 5.32 Å². The van der Waals surface area contributed by atoms with Gasteiger partial charge in [-0.2, -0.15) is 22.5 Å². The van der Waals surface area contributed by atoms with E-state index < -0.39 is 35.0 Å². The van der Waals surface area contributed by atoms with Gasteiger partial charge in [0.25, 0.3) is 11.9 Å². The lowest BCUT2D eigenvalue weighted by atomic mass is 10.2. The molecule has 0 saturated heterocycles. The van der Waals surface area contributed by atoms with Gasteiger partial charge in [0.2, 0.25) is 11.6 Å². The van der Waals surface area contributed by atoms with Gasteiger partial charge in [-0.3, -0.25) is 0 Å². The number of anilines is 1. The van der Waals surface area contributed by atoms with Crippen LogP contribution >= 0.6 is 0 Å². The summed E-state index contributed by atoms with van der Waals surface area (Å²) in [5, 5.41) is 2.17. The van der Waals surface area contributed by atoms with Crippen LogP contribution in [0.25, 0.3) is 0 Å². The van der Waals surface area contributed by atoms with Crippen molar-refractivity contribution in [3.05, 3.63) is 59.2 Å². The quantitative estimate of drug-likeness (QED) is 0.685. The lowest BCUT2D eigenvalue weighted by Crippen LogP contribution is -2.09. The molecule has 0 aliphatic rings. The average molecular weight is 274 g/mol. The molecule has 2 aromatic rings. The molecule has 0 aliphatic carbocycles. The Morgan fingerprint density at radius 1 is 0.947 bits per heavy atom. The Morgan fingerprint density at radius 3 is 2.16 bits per heavy atom. The second-order valence-corrected chi connectivity index (χ2v) is 3.68. The van der Waals surface area contributed by atoms with Gasteiger partial charge in [0, 0.05) is 6.54 Å². The van der Waals surface area contributed by atoms with E-state index in [1.165, 1.54) is 18.2 Å². The number of pyridine rings is 1. The van der Waals surface area contributed by atoms with Gasteiger partial charge in [0.15, 0.2) is 0 Å². The average Bonchev–Trinajstić information content (AvgIpc) is 2.36. The van der Waals surface area contributed by atoms with Crippen molar-refractivity contribution < 1.29 is 22.0 Å². The van der Waals surface area contributed by atoms with Crippen molar-refractivity contribution in [3.8, 4) is 0 Å². The van der Waals surface area contributed by atoms with Crippen molar-refractivity contribution in [3.63, 3.8) is 0 Å². The van der Waals surface area contributed by atoms with Gasteiger partial charge < -0.3 is 5.32 Å². The third-order valence-electron chi connectivity index (χ3n) is 2.36. The number of nitrogens with zero attached hydrogens (tertiary/aromatic N) is 1. The first-order valence-corrected chi connectivity index (χ1v) is 5.17. The van der Waals surface area contributed by atoms with E-state index in [4.69, 9.17) is 0 Å². The van der Waals surface area contributed by atoms with E-state index in [-0.39, 0.29) is 6.54 Å². The molecule has 0 bridgehead atoms. The highest BCUT2D eigenvalue weighted by molar-refractivity contribution is 5.45. The molecule has 0 unspecified atom stereocenters. The molecule has 0 saturated carbocycles. The summed E-state index contributed by atoms with van der Waals surface area (Å²) in [7, 11) is 0. The molecule has 2 rings (SSSR count). The largest absolute Gasteiger partial charge is 0.376 e. The topological polar surface area (TPSA) is 24.9 Å². The van der Waals surface area contributed by atoms with Crippen LogP contribution in [0.2, 0.25) is 0 Å². The molecule has 0 atom stereocenters. The summed E-state index contributed by atoms with van der Waals surface area (Å²) in [6.07, 6.45) is 0. The summed E-state index contributed by atoms with van der Waals surface area (Å²) in [4.78, 5) is 2.42.